The van der Waals surface area contributed by atoms with Crippen LogP contribution in [-0.2, 0) is 4.74 Å². The lowest BCUT2D eigenvalue weighted by Crippen LogP contribution is -2.34. The van der Waals surface area contributed by atoms with E-state index in [0.29, 0.717) is 17.7 Å². The Hall–Kier alpha value is -2.70. The smallest absolute Gasteiger partial charge is 0.337 e. The molecule has 1 heterocycles. The summed E-state index contributed by atoms with van der Waals surface area (Å²) in [4.78, 5) is 26.1. The summed E-state index contributed by atoms with van der Waals surface area (Å²) in [7, 11) is 5.35. The third kappa shape index (κ3) is 4.18. The second-order valence-corrected chi connectivity index (χ2v) is 7.36. The van der Waals surface area contributed by atoms with E-state index in [-0.39, 0.29) is 11.9 Å². The Morgan fingerprint density at radius 1 is 1.07 bits per heavy atom. The average Bonchev–Trinajstić information content (AvgIpc) is 3.11. The van der Waals surface area contributed by atoms with Crippen LogP contribution in [0.1, 0.15) is 32.3 Å². The lowest BCUT2D eigenvalue weighted by Gasteiger charge is -2.24. The van der Waals surface area contributed by atoms with E-state index in [1.54, 1.807) is 35.6 Å². The predicted molar refractivity (Wildman–Crippen MR) is 108 cm³/mol. The van der Waals surface area contributed by atoms with Crippen LogP contribution in [0.2, 0.25) is 0 Å². The second-order valence-electron chi connectivity index (χ2n) is 6.45. The fourth-order valence-corrected chi connectivity index (χ4v) is 4.00. The number of carbonyl (C=O) groups excluding carboxylic acids is 2. The fourth-order valence-electron chi connectivity index (χ4n) is 2.99. The van der Waals surface area contributed by atoms with Crippen LogP contribution in [0.3, 0.4) is 0 Å². The number of amides is 1. The molecular weight excluding hydrogens is 360 g/mol. The summed E-state index contributed by atoms with van der Waals surface area (Å²) in [5.41, 5.74) is 2.14. The van der Waals surface area contributed by atoms with Gasteiger partial charge in [0.2, 0.25) is 0 Å². The van der Waals surface area contributed by atoms with Crippen molar-refractivity contribution in [2.24, 2.45) is 0 Å². The minimum Gasteiger partial charge on any atom is -0.465 e. The minimum absolute atomic E-state index is 0.0689. The summed E-state index contributed by atoms with van der Waals surface area (Å²) in [6, 6.07) is 14.8. The molecule has 6 heteroatoms. The van der Waals surface area contributed by atoms with Crippen LogP contribution in [0.4, 0.5) is 0 Å². The van der Waals surface area contributed by atoms with Gasteiger partial charge >= 0.3 is 5.97 Å². The molecule has 5 nitrogen and oxygen atoms in total. The van der Waals surface area contributed by atoms with Gasteiger partial charge in [-0.3, -0.25) is 4.79 Å². The molecule has 27 heavy (non-hydrogen) atoms. The molecule has 1 aromatic heterocycles. The van der Waals surface area contributed by atoms with E-state index >= 15 is 0 Å². The molecule has 0 spiro atoms. The van der Waals surface area contributed by atoms with Crippen molar-refractivity contribution < 1.29 is 14.3 Å². The van der Waals surface area contributed by atoms with Crippen molar-refractivity contribution >= 4 is 33.3 Å². The van der Waals surface area contributed by atoms with E-state index in [1.165, 1.54) is 22.8 Å². The third-order valence-electron chi connectivity index (χ3n) is 4.52. The van der Waals surface area contributed by atoms with Gasteiger partial charge in [0.15, 0.2) is 0 Å². The molecule has 1 N–H and O–H groups in total. The number of nitrogens with zero attached hydrogens (tertiary/aromatic N) is 1. The van der Waals surface area contributed by atoms with Crippen LogP contribution in [-0.4, -0.2) is 44.5 Å². The highest BCUT2D eigenvalue weighted by Crippen LogP contribution is 2.32. The molecule has 0 unspecified atom stereocenters. The van der Waals surface area contributed by atoms with Crippen molar-refractivity contribution in [1.29, 1.82) is 0 Å². The topological polar surface area (TPSA) is 58.6 Å². The maximum atomic E-state index is 12.5. The van der Waals surface area contributed by atoms with Gasteiger partial charge in [-0.2, -0.15) is 0 Å². The summed E-state index contributed by atoms with van der Waals surface area (Å²) in [6.07, 6.45) is 0. The zero-order valence-electron chi connectivity index (χ0n) is 15.6. The number of likely N-dealkylation sites (N-methyl/N-ethyl adjacent to an activating group) is 1. The molecule has 0 aliphatic heterocycles. The number of carbonyl (C=O) groups is 2. The third-order valence-corrected chi connectivity index (χ3v) is 5.50. The molecule has 1 amide bonds. The molecule has 3 rings (SSSR count). The number of methoxy groups -OCH3 is 1. The molecular formula is C21H22N2O3S. The van der Waals surface area contributed by atoms with Crippen molar-refractivity contribution in [1.82, 2.24) is 10.2 Å². The Kier molecular flexibility index (Phi) is 5.88. The van der Waals surface area contributed by atoms with E-state index in [0.717, 1.165) is 0 Å². The quantitative estimate of drug-likeness (QED) is 0.660. The van der Waals surface area contributed by atoms with Gasteiger partial charge in [-0.15, -0.1) is 11.3 Å². The van der Waals surface area contributed by atoms with E-state index in [2.05, 4.69) is 32.5 Å². The average molecular weight is 382 g/mol. The Morgan fingerprint density at radius 3 is 2.41 bits per heavy atom. The number of thiophene rings is 1. The van der Waals surface area contributed by atoms with Gasteiger partial charge in [0.25, 0.3) is 5.91 Å². The maximum Gasteiger partial charge on any atom is 0.337 e. The molecule has 0 aliphatic rings. The van der Waals surface area contributed by atoms with Gasteiger partial charge in [0, 0.05) is 16.8 Å². The number of hydrogen-bond donors (Lipinski definition) is 1. The number of fused-ring (bicyclic) bond motifs is 1. The molecule has 0 aliphatic carbocycles. The highest BCUT2D eigenvalue weighted by molar-refractivity contribution is 7.17. The van der Waals surface area contributed by atoms with Gasteiger partial charge in [-0.25, -0.2) is 4.79 Å². The Bertz CT molecular complexity index is 947. The highest BCUT2D eigenvalue weighted by atomic mass is 32.1. The summed E-state index contributed by atoms with van der Waals surface area (Å²) in [5.74, 6) is -0.586. The largest absolute Gasteiger partial charge is 0.465 e. The summed E-state index contributed by atoms with van der Waals surface area (Å²) in [5, 5.41) is 6.38. The molecule has 0 radical (unpaired) electrons. The Labute approximate surface area is 162 Å². The van der Waals surface area contributed by atoms with Gasteiger partial charge < -0.3 is 15.0 Å². The first kappa shape index (κ1) is 19.1. The van der Waals surface area contributed by atoms with E-state index in [1.807, 2.05) is 26.2 Å². The molecule has 2 aromatic carbocycles. The molecule has 0 fully saturated rings. The molecule has 1 atom stereocenters. The number of benzene rings is 2. The zero-order chi connectivity index (χ0) is 19.4. The minimum atomic E-state index is -0.418. The molecule has 140 valence electrons. The summed E-state index contributed by atoms with van der Waals surface area (Å²) in [6.45, 7) is 0.491. The normalized spacial score (nSPS) is 12.1. The van der Waals surface area contributed by atoms with Crippen LogP contribution < -0.4 is 5.32 Å². The lowest BCUT2D eigenvalue weighted by atomic mass is 10.0. The van der Waals surface area contributed by atoms with Crippen LogP contribution in [0, 0.1) is 0 Å². The Morgan fingerprint density at radius 2 is 1.74 bits per heavy atom. The maximum absolute atomic E-state index is 12.5. The monoisotopic (exact) mass is 382 g/mol. The van der Waals surface area contributed by atoms with Gasteiger partial charge in [-0.1, -0.05) is 18.2 Å². The highest BCUT2D eigenvalue weighted by Gasteiger charge is 2.19. The first-order chi connectivity index (χ1) is 13.0. The van der Waals surface area contributed by atoms with Crippen LogP contribution in [0.15, 0.2) is 53.9 Å². The van der Waals surface area contributed by atoms with E-state index in [4.69, 9.17) is 0 Å². The van der Waals surface area contributed by atoms with Crippen molar-refractivity contribution in [2.45, 2.75) is 6.04 Å². The van der Waals surface area contributed by atoms with E-state index in [9.17, 15) is 9.59 Å². The first-order valence-electron chi connectivity index (χ1n) is 8.60. The van der Waals surface area contributed by atoms with E-state index < -0.39 is 5.97 Å². The van der Waals surface area contributed by atoms with Crippen molar-refractivity contribution in [2.75, 3.05) is 27.7 Å². The van der Waals surface area contributed by atoms with Crippen molar-refractivity contribution in [3.05, 3.63) is 70.6 Å². The SMILES string of the molecule is COC(=O)c1ccc(C(=O)NC[C@H](c2csc3ccccc23)N(C)C)cc1. The number of esters is 1. The van der Waals surface area contributed by atoms with Crippen LogP contribution >= 0.6 is 11.3 Å². The van der Waals surface area contributed by atoms with Crippen LogP contribution in [0.25, 0.3) is 10.1 Å². The van der Waals surface area contributed by atoms with Gasteiger partial charge in [-0.05, 0) is 60.8 Å². The second kappa shape index (κ2) is 8.33. The van der Waals surface area contributed by atoms with Gasteiger partial charge in [0.05, 0.1) is 18.7 Å². The fraction of sp³-hybridized carbons (Fsp3) is 0.238. The standard InChI is InChI=1S/C21H22N2O3S/c1-23(2)18(17-13-27-19-7-5-4-6-16(17)19)12-22-20(24)14-8-10-15(11-9-14)21(25)26-3/h4-11,13,18H,12H2,1-3H3,(H,22,24)/t18-/m1/s1. The van der Waals surface area contributed by atoms with Crippen LogP contribution in [0.5, 0.6) is 0 Å². The molecule has 0 saturated carbocycles. The number of nitrogens with one attached hydrogen (secondary N) is 1. The van der Waals surface area contributed by atoms with Gasteiger partial charge in [0.1, 0.15) is 0 Å². The molecule has 0 bridgehead atoms. The molecule has 0 saturated heterocycles. The van der Waals surface area contributed by atoms with Crippen molar-refractivity contribution in [3.8, 4) is 0 Å². The molecule has 3 aromatic rings. The summed E-state index contributed by atoms with van der Waals surface area (Å²) < 4.78 is 5.91. The number of ether oxygens (including phenoxy) is 1. The zero-order valence-corrected chi connectivity index (χ0v) is 16.4. The Balaban J connectivity index is 1.73. The number of hydrogen-bond acceptors (Lipinski definition) is 5. The van der Waals surface area contributed by atoms with Crippen molar-refractivity contribution in [3.63, 3.8) is 0 Å². The summed E-state index contributed by atoms with van der Waals surface area (Å²) >= 11 is 1.71. The number of rotatable bonds is 6. The lowest BCUT2D eigenvalue weighted by molar-refractivity contribution is 0.0600. The first-order valence-corrected chi connectivity index (χ1v) is 9.48. The predicted octanol–water partition coefficient (Wildman–Crippen LogP) is 3.72.